The van der Waals surface area contributed by atoms with Crippen molar-refractivity contribution in [3.63, 3.8) is 0 Å². The Bertz CT molecular complexity index is 521. The predicted octanol–water partition coefficient (Wildman–Crippen LogP) is 1.48. The van der Waals surface area contributed by atoms with Crippen LogP contribution in [0.5, 0.6) is 0 Å². The summed E-state index contributed by atoms with van der Waals surface area (Å²) in [5.74, 6) is 0.0184. The third-order valence-corrected chi connectivity index (χ3v) is 4.40. The normalized spacial score (nSPS) is 21.7. The van der Waals surface area contributed by atoms with E-state index in [1.54, 1.807) is 0 Å². The highest BCUT2D eigenvalue weighted by Crippen LogP contribution is 2.16. The maximum Gasteiger partial charge on any atom is 0.237 e. The third-order valence-electron chi connectivity index (χ3n) is 4.40. The van der Waals surface area contributed by atoms with Gasteiger partial charge < -0.3 is 20.3 Å². The van der Waals surface area contributed by atoms with Crippen molar-refractivity contribution in [1.29, 1.82) is 0 Å². The molecule has 5 heteroatoms. The van der Waals surface area contributed by atoms with Gasteiger partial charge in [-0.3, -0.25) is 4.79 Å². The molecule has 1 amide bonds. The number of nitrogens with zero attached hydrogens (tertiary/aromatic N) is 1. The van der Waals surface area contributed by atoms with Crippen LogP contribution in [0.2, 0.25) is 0 Å². The number of nitrogens with one attached hydrogen (secondary N) is 2. The molecule has 1 aromatic carbocycles. The number of benzene rings is 1. The van der Waals surface area contributed by atoms with Gasteiger partial charge in [-0.05, 0) is 38.9 Å². The molecule has 3 atom stereocenters. The molecule has 0 bridgehead atoms. The highest BCUT2D eigenvalue weighted by atomic mass is 16.5. The van der Waals surface area contributed by atoms with E-state index in [2.05, 4.69) is 41.6 Å². The molecule has 0 aliphatic carbocycles. The molecule has 1 saturated heterocycles. The molecule has 1 aliphatic rings. The molecule has 5 nitrogen and oxygen atoms in total. The van der Waals surface area contributed by atoms with Gasteiger partial charge in [0.15, 0.2) is 0 Å². The second-order valence-electron chi connectivity index (χ2n) is 6.47. The fourth-order valence-electron chi connectivity index (χ4n) is 2.88. The number of carbonyl (C=O) groups excluding carboxylic acids is 1. The second-order valence-corrected chi connectivity index (χ2v) is 6.47. The lowest BCUT2D eigenvalue weighted by atomic mass is 10.0. The first kappa shape index (κ1) is 17.9. The first-order valence-electron chi connectivity index (χ1n) is 8.36. The molecule has 23 heavy (non-hydrogen) atoms. The Morgan fingerprint density at radius 1 is 1.39 bits per heavy atom. The van der Waals surface area contributed by atoms with E-state index in [0.717, 1.165) is 25.3 Å². The Kier molecular flexibility index (Phi) is 6.57. The topological polar surface area (TPSA) is 53.6 Å². The quantitative estimate of drug-likeness (QED) is 0.834. The standard InChI is InChI=1S/C18H29N3O2/c1-13-7-5-6-8-17(13)14(2)20-18(22)15(3)19-11-16-12-21(4)9-10-23-16/h5-8,14-16,19H,9-12H2,1-4H3,(H,20,22)/t14-,15+,16+/m0/s1. The van der Waals surface area contributed by atoms with E-state index in [1.165, 1.54) is 5.56 Å². The number of hydrogen-bond donors (Lipinski definition) is 2. The van der Waals surface area contributed by atoms with Crippen molar-refractivity contribution in [2.24, 2.45) is 0 Å². The van der Waals surface area contributed by atoms with Crippen LogP contribution in [0, 0.1) is 6.92 Å². The first-order valence-corrected chi connectivity index (χ1v) is 8.36. The Morgan fingerprint density at radius 2 is 2.13 bits per heavy atom. The fraction of sp³-hybridized carbons (Fsp3) is 0.611. The molecule has 1 aliphatic heterocycles. The minimum atomic E-state index is -0.239. The number of morpholine rings is 1. The minimum absolute atomic E-state index is 0.00464. The van der Waals surface area contributed by atoms with Gasteiger partial charge in [-0.15, -0.1) is 0 Å². The van der Waals surface area contributed by atoms with E-state index >= 15 is 0 Å². The monoisotopic (exact) mass is 319 g/mol. The van der Waals surface area contributed by atoms with E-state index in [-0.39, 0.29) is 24.1 Å². The van der Waals surface area contributed by atoms with Gasteiger partial charge in [0.2, 0.25) is 5.91 Å². The second kappa shape index (κ2) is 8.43. The lowest BCUT2D eigenvalue weighted by Crippen LogP contribution is -2.49. The van der Waals surface area contributed by atoms with E-state index < -0.39 is 0 Å². The zero-order chi connectivity index (χ0) is 16.8. The van der Waals surface area contributed by atoms with Gasteiger partial charge in [0, 0.05) is 19.6 Å². The van der Waals surface area contributed by atoms with Crippen molar-refractivity contribution in [3.05, 3.63) is 35.4 Å². The number of hydrogen-bond acceptors (Lipinski definition) is 4. The molecule has 1 fully saturated rings. The largest absolute Gasteiger partial charge is 0.374 e. The van der Waals surface area contributed by atoms with Gasteiger partial charge in [0.1, 0.15) is 0 Å². The van der Waals surface area contributed by atoms with Crippen LogP contribution in [0.4, 0.5) is 0 Å². The van der Waals surface area contributed by atoms with Crippen molar-refractivity contribution in [3.8, 4) is 0 Å². The van der Waals surface area contributed by atoms with Gasteiger partial charge in [-0.2, -0.15) is 0 Å². The Morgan fingerprint density at radius 3 is 2.83 bits per heavy atom. The van der Waals surface area contributed by atoms with Crippen LogP contribution < -0.4 is 10.6 Å². The minimum Gasteiger partial charge on any atom is -0.374 e. The number of carbonyl (C=O) groups is 1. The molecule has 0 saturated carbocycles. The van der Waals surface area contributed by atoms with Crippen LogP contribution in [0.25, 0.3) is 0 Å². The molecule has 2 N–H and O–H groups in total. The van der Waals surface area contributed by atoms with Gasteiger partial charge in [0.05, 0.1) is 24.8 Å². The summed E-state index contributed by atoms with van der Waals surface area (Å²) in [4.78, 5) is 14.6. The zero-order valence-electron chi connectivity index (χ0n) is 14.6. The van der Waals surface area contributed by atoms with Crippen molar-refractivity contribution in [2.75, 3.05) is 33.3 Å². The summed E-state index contributed by atoms with van der Waals surface area (Å²) in [6, 6.07) is 7.91. The highest BCUT2D eigenvalue weighted by Gasteiger charge is 2.21. The van der Waals surface area contributed by atoms with Gasteiger partial charge in [0.25, 0.3) is 0 Å². The van der Waals surface area contributed by atoms with Gasteiger partial charge >= 0.3 is 0 Å². The molecule has 128 valence electrons. The SMILES string of the molecule is Cc1ccccc1[C@H](C)NC(=O)[C@@H](C)NC[C@@H]1CN(C)CCO1. The molecular weight excluding hydrogens is 290 g/mol. The highest BCUT2D eigenvalue weighted by molar-refractivity contribution is 5.81. The molecule has 1 heterocycles. The van der Waals surface area contributed by atoms with Crippen LogP contribution in [0.15, 0.2) is 24.3 Å². The molecule has 0 radical (unpaired) electrons. The van der Waals surface area contributed by atoms with Gasteiger partial charge in [-0.25, -0.2) is 0 Å². The van der Waals surface area contributed by atoms with Crippen LogP contribution in [0.1, 0.15) is 31.0 Å². The summed E-state index contributed by atoms with van der Waals surface area (Å²) in [6.07, 6.45) is 0.151. The number of amides is 1. The van der Waals surface area contributed by atoms with E-state index in [9.17, 15) is 4.79 Å². The smallest absolute Gasteiger partial charge is 0.237 e. The number of likely N-dealkylation sites (N-methyl/N-ethyl adjacent to an activating group) is 1. The summed E-state index contributed by atoms with van der Waals surface area (Å²) in [5.41, 5.74) is 2.35. The summed E-state index contributed by atoms with van der Waals surface area (Å²) in [5, 5.41) is 6.36. The Hall–Kier alpha value is -1.43. The maximum absolute atomic E-state index is 12.4. The average molecular weight is 319 g/mol. The maximum atomic E-state index is 12.4. The van der Waals surface area contributed by atoms with Crippen molar-refractivity contribution >= 4 is 5.91 Å². The predicted molar refractivity (Wildman–Crippen MR) is 92.4 cm³/mol. The Labute approximate surface area is 139 Å². The fourth-order valence-corrected chi connectivity index (χ4v) is 2.88. The third kappa shape index (κ3) is 5.30. The lowest BCUT2D eigenvalue weighted by molar-refractivity contribution is -0.123. The molecular formula is C18H29N3O2. The van der Waals surface area contributed by atoms with Crippen molar-refractivity contribution < 1.29 is 9.53 Å². The molecule has 0 aromatic heterocycles. The number of ether oxygens (including phenoxy) is 1. The Balaban J connectivity index is 1.79. The summed E-state index contributed by atoms with van der Waals surface area (Å²) >= 11 is 0. The number of rotatable bonds is 6. The summed E-state index contributed by atoms with van der Waals surface area (Å²) in [6.45, 7) is 9.31. The summed E-state index contributed by atoms with van der Waals surface area (Å²) < 4.78 is 5.71. The van der Waals surface area contributed by atoms with Gasteiger partial charge in [-0.1, -0.05) is 24.3 Å². The van der Waals surface area contributed by atoms with E-state index in [1.807, 2.05) is 26.0 Å². The lowest BCUT2D eigenvalue weighted by Gasteiger charge is -2.31. The molecule has 0 unspecified atom stereocenters. The zero-order valence-corrected chi connectivity index (χ0v) is 14.6. The first-order chi connectivity index (χ1) is 11.0. The van der Waals surface area contributed by atoms with E-state index in [0.29, 0.717) is 6.54 Å². The van der Waals surface area contributed by atoms with Crippen molar-refractivity contribution in [1.82, 2.24) is 15.5 Å². The molecule has 1 aromatic rings. The summed E-state index contributed by atoms with van der Waals surface area (Å²) in [7, 11) is 2.09. The van der Waals surface area contributed by atoms with Crippen LogP contribution in [-0.4, -0.2) is 56.2 Å². The number of aryl methyl sites for hydroxylation is 1. The van der Waals surface area contributed by atoms with Crippen LogP contribution in [-0.2, 0) is 9.53 Å². The van der Waals surface area contributed by atoms with Crippen molar-refractivity contribution in [2.45, 2.75) is 39.0 Å². The molecule has 0 spiro atoms. The average Bonchev–Trinajstić information content (AvgIpc) is 2.53. The van der Waals surface area contributed by atoms with Crippen LogP contribution in [0.3, 0.4) is 0 Å². The van der Waals surface area contributed by atoms with E-state index in [4.69, 9.17) is 4.74 Å². The molecule has 2 rings (SSSR count). The van der Waals surface area contributed by atoms with Crippen LogP contribution >= 0.6 is 0 Å².